The van der Waals surface area contributed by atoms with Gasteiger partial charge in [0.05, 0.1) is 14.9 Å². The van der Waals surface area contributed by atoms with Crippen LogP contribution in [0.1, 0.15) is 23.7 Å². The van der Waals surface area contributed by atoms with Gasteiger partial charge in [0.25, 0.3) is 5.91 Å². The van der Waals surface area contributed by atoms with Crippen molar-refractivity contribution in [2.45, 2.75) is 18.2 Å². The lowest BCUT2D eigenvalue weighted by Gasteiger charge is -2.10. The minimum atomic E-state index is -4.11. The smallest absolute Gasteiger partial charge is 0.252 e. The lowest BCUT2D eigenvalue weighted by atomic mass is 10.2. The van der Waals surface area contributed by atoms with Crippen LogP contribution in [0, 0.1) is 17.7 Å². The second-order valence-electron chi connectivity index (χ2n) is 4.99. The van der Waals surface area contributed by atoms with Crippen molar-refractivity contribution in [1.82, 2.24) is 5.32 Å². The van der Waals surface area contributed by atoms with Crippen LogP contribution in [-0.2, 0) is 10.0 Å². The zero-order valence-electron chi connectivity index (χ0n) is 10.7. The molecule has 2 unspecified atom stereocenters. The molecular weight excluding hydrogens is 351 g/mol. The molecule has 2 rings (SSSR count). The van der Waals surface area contributed by atoms with E-state index in [9.17, 15) is 17.6 Å². The van der Waals surface area contributed by atoms with Crippen molar-refractivity contribution in [3.05, 3.63) is 28.0 Å². The molecule has 2 atom stereocenters. The van der Waals surface area contributed by atoms with Crippen molar-refractivity contribution in [1.29, 1.82) is 0 Å². The molecule has 1 aromatic carbocycles. The summed E-state index contributed by atoms with van der Waals surface area (Å²) >= 11 is 3.00. The summed E-state index contributed by atoms with van der Waals surface area (Å²) in [7, 11) is -4.11. The molecular formula is C12H14BrFN2O3S. The topological polar surface area (TPSA) is 89.3 Å². The highest BCUT2D eigenvalue weighted by molar-refractivity contribution is 9.10. The van der Waals surface area contributed by atoms with E-state index in [1.165, 1.54) is 0 Å². The molecule has 0 heterocycles. The van der Waals surface area contributed by atoms with E-state index < -0.39 is 26.6 Å². The Balaban J connectivity index is 2.26. The van der Waals surface area contributed by atoms with Gasteiger partial charge in [-0.05, 0) is 46.3 Å². The highest BCUT2D eigenvalue weighted by Crippen LogP contribution is 2.37. The van der Waals surface area contributed by atoms with Crippen molar-refractivity contribution in [2.75, 3.05) is 6.54 Å². The first-order valence-electron chi connectivity index (χ1n) is 6.00. The summed E-state index contributed by atoms with van der Waals surface area (Å²) in [5.41, 5.74) is -0.0812. The predicted molar refractivity (Wildman–Crippen MR) is 75.1 cm³/mol. The van der Waals surface area contributed by atoms with Crippen LogP contribution in [0.2, 0.25) is 0 Å². The van der Waals surface area contributed by atoms with Crippen LogP contribution in [0.4, 0.5) is 4.39 Å². The van der Waals surface area contributed by atoms with E-state index >= 15 is 0 Å². The molecule has 1 aromatic rings. The fourth-order valence-corrected chi connectivity index (χ4v) is 3.66. The Morgan fingerprint density at radius 2 is 2.15 bits per heavy atom. The first kappa shape index (κ1) is 15.4. The van der Waals surface area contributed by atoms with E-state index in [-0.39, 0.29) is 10.0 Å². The van der Waals surface area contributed by atoms with Crippen LogP contribution in [0.15, 0.2) is 21.5 Å². The molecule has 5 nitrogen and oxygen atoms in total. The number of rotatable bonds is 4. The number of nitrogens with one attached hydrogen (secondary N) is 1. The lowest BCUT2D eigenvalue weighted by molar-refractivity contribution is 0.0950. The van der Waals surface area contributed by atoms with Gasteiger partial charge in [0.2, 0.25) is 10.0 Å². The summed E-state index contributed by atoms with van der Waals surface area (Å²) in [6.07, 6.45) is 1.05. The van der Waals surface area contributed by atoms with Crippen LogP contribution < -0.4 is 10.5 Å². The quantitative estimate of drug-likeness (QED) is 0.850. The standard InChI is InChI=1S/C12H14BrFN2O3S/c1-6-2-7(6)5-16-12(17)9-3-8(14)4-10(11(9)13)20(15,18)19/h3-4,6-7H,2,5H2,1H3,(H,16,17)(H2,15,18,19). The molecule has 3 N–H and O–H groups in total. The number of primary sulfonamides is 1. The van der Waals surface area contributed by atoms with Crippen LogP contribution in [-0.4, -0.2) is 20.9 Å². The molecule has 0 saturated heterocycles. The minimum absolute atomic E-state index is 0.0252. The van der Waals surface area contributed by atoms with Gasteiger partial charge in [0, 0.05) is 6.54 Å². The number of carbonyl (C=O) groups is 1. The number of sulfonamides is 1. The Kier molecular flexibility index (Phi) is 4.17. The Labute approximate surface area is 124 Å². The molecule has 1 aliphatic carbocycles. The molecule has 110 valence electrons. The molecule has 20 heavy (non-hydrogen) atoms. The molecule has 0 aromatic heterocycles. The maximum Gasteiger partial charge on any atom is 0.252 e. The summed E-state index contributed by atoms with van der Waals surface area (Å²) < 4.78 is 36.1. The Morgan fingerprint density at radius 3 is 2.65 bits per heavy atom. The summed E-state index contributed by atoms with van der Waals surface area (Å²) in [4.78, 5) is 11.6. The highest BCUT2D eigenvalue weighted by Gasteiger charge is 2.32. The van der Waals surface area contributed by atoms with Gasteiger partial charge in [0.15, 0.2) is 0 Å². The van der Waals surface area contributed by atoms with Gasteiger partial charge in [-0.3, -0.25) is 4.79 Å². The van der Waals surface area contributed by atoms with E-state index in [1.54, 1.807) is 0 Å². The van der Waals surface area contributed by atoms with Gasteiger partial charge in [-0.1, -0.05) is 6.92 Å². The van der Waals surface area contributed by atoms with Crippen molar-refractivity contribution in [3.8, 4) is 0 Å². The summed E-state index contributed by atoms with van der Waals surface area (Å²) in [5.74, 6) is -0.349. The second-order valence-corrected chi connectivity index (χ2v) is 7.32. The SMILES string of the molecule is CC1CC1CNC(=O)c1cc(F)cc(S(N)(=O)=O)c1Br. The zero-order valence-corrected chi connectivity index (χ0v) is 13.1. The molecule has 1 fully saturated rings. The maximum atomic E-state index is 13.5. The fraction of sp³-hybridized carbons (Fsp3) is 0.417. The third kappa shape index (κ3) is 3.36. The maximum absolute atomic E-state index is 13.5. The predicted octanol–water partition coefficient (Wildman–Crippen LogP) is 1.62. The average Bonchev–Trinajstić information content (AvgIpc) is 3.03. The van der Waals surface area contributed by atoms with Gasteiger partial charge in [-0.15, -0.1) is 0 Å². The van der Waals surface area contributed by atoms with E-state index in [2.05, 4.69) is 28.2 Å². The Hall–Kier alpha value is -0.990. The van der Waals surface area contributed by atoms with E-state index in [1.807, 2.05) is 0 Å². The molecule has 0 bridgehead atoms. The average molecular weight is 365 g/mol. The second kappa shape index (κ2) is 5.42. The summed E-state index contributed by atoms with van der Waals surface area (Å²) in [5, 5.41) is 7.66. The van der Waals surface area contributed by atoms with E-state index in [0.29, 0.717) is 18.4 Å². The van der Waals surface area contributed by atoms with Crippen molar-refractivity contribution < 1.29 is 17.6 Å². The number of nitrogens with two attached hydrogens (primary N) is 1. The van der Waals surface area contributed by atoms with E-state index in [4.69, 9.17) is 5.14 Å². The first-order valence-corrected chi connectivity index (χ1v) is 8.34. The van der Waals surface area contributed by atoms with Crippen LogP contribution >= 0.6 is 15.9 Å². The Morgan fingerprint density at radius 1 is 1.55 bits per heavy atom. The molecule has 1 amide bonds. The van der Waals surface area contributed by atoms with Crippen molar-refractivity contribution in [3.63, 3.8) is 0 Å². The normalized spacial score (nSPS) is 21.6. The number of hydrogen-bond donors (Lipinski definition) is 2. The van der Waals surface area contributed by atoms with Crippen LogP contribution in [0.5, 0.6) is 0 Å². The number of hydrogen-bond acceptors (Lipinski definition) is 3. The fourth-order valence-electron chi connectivity index (χ4n) is 1.94. The summed E-state index contributed by atoms with van der Waals surface area (Å²) in [6.45, 7) is 2.57. The molecule has 1 aliphatic rings. The number of benzene rings is 1. The largest absolute Gasteiger partial charge is 0.352 e. The molecule has 0 spiro atoms. The van der Waals surface area contributed by atoms with E-state index in [0.717, 1.165) is 18.6 Å². The lowest BCUT2D eigenvalue weighted by Crippen LogP contribution is -2.27. The van der Waals surface area contributed by atoms with Gasteiger partial charge >= 0.3 is 0 Å². The minimum Gasteiger partial charge on any atom is -0.352 e. The van der Waals surface area contributed by atoms with Gasteiger partial charge < -0.3 is 5.32 Å². The third-order valence-electron chi connectivity index (χ3n) is 3.36. The Bertz CT molecular complexity index is 663. The highest BCUT2D eigenvalue weighted by atomic mass is 79.9. The third-order valence-corrected chi connectivity index (χ3v) is 5.41. The first-order chi connectivity index (χ1) is 9.20. The van der Waals surface area contributed by atoms with Gasteiger partial charge in [-0.25, -0.2) is 17.9 Å². The molecule has 8 heteroatoms. The molecule has 0 aliphatic heterocycles. The molecule has 1 saturated carbocycles. The monoisotopic (exact) mass is 364 g/mol. The van der Waals surface area contributed by atoms with Gasteiger partial charge in [-0.2, -0.15) is 0 Å². The number of amides is 1. The van der Waals surface area contributed by atoms with Crippen LogP contribution in [0.3, 0.4) is 0 Å². The van der Waals surface area contributed by atoms with Crippen molar-refractivity contribution in [2.24, 2.45) is 17.0 Å². The van der Waals surface area contributed by atoms with Gasteiger partial charge in [0.1, 0.15) is 5.82 Å². The zero-order chi connectivity index (χ0) is 15.1. The number of carbonyl (C=O) groups excluding carboxylic acids is 1. The van der Waals surface area contributed by atoms with Crippen molar-refractivity contribution >= 4 is 31.9 Å². The molecule has 0 radical (unpaired) electrons. The van der Waals surface area contributed by atoms with Crippen LogP contribution in [0.25, 0.3) is 0 Å². The number of halogens is 2. The summed E-state index contributed by atoms with van der Waals surface area (Å²) in [6, 6.07) is 1.75.